The molecule has 0 atom stereocenters. The van der Waals surface area contributed by atoms with Crippen molar-refractivity contribution in [3.05, 3.63) is 34.6 Å². The van der Waals surface area contributed by atoms with E-state index in [2.05, 4.69) is 4.98 Å². The first-order valence-corrected chi connectivity index (χ1v) is 7.20. The van der Waals surface area contributed by atoms with Crippen LogP contribution in [0.15, 0.2) is 34.2 Å². The van der Waals surface area contributed by atoms with Crippen LogP contribution in [0.3, 0.4) is 0 Å². The van der Waals surface area contributed by atoms with E-state index in [1.54, 1.807) is 27.7 Å². The number of rotatable bonds is 0. The molecular formula is C12H8N2OS2. The summed E-state index contributed by atoms with van der Waals surface area (Å²) in [5.74, 6) is 0.956. The smallest absolute Gasteiger partial charge is 0.272 e. The van der Waals surface area contributed by atoms with E-state index < -0.39 is 0 Å². The van der Waals surface area contributed by atoms with Crippen LogP contribution in [0.1, 0.15) is 0 Å². The highest BCUT2D eigenvalue weighted by molar-refractivity contribution is 7.99. The number of fused-ring (bicyclic) bond motifs is 4. The highest BCUT2D eigenvalue weighted by Crippen LogP contribution is 2.32. The Morgan fingerprint density at radius 2 is 2.18 bits per heavy atom. The maximum Gasteiger partial charge on any atom is 0.272 e. The van der Waals surface area contributed by atoms with Gasteiger partial charge in [0.25, 0.3) is 5.56 Å². The van der Waals surface area contributed by atoms with Gasteiger partial charge in [-0.3, -0.25) is 9.36 Å². The molecule has 5 heteroatoms. The molecule has 0 unspecified atom stereocenters. The lowest BCUT2D eigenvalue weighted by atomic mass is 10.2. The zero-order valence-electron chi connectivity index (χ0n) is 8.84. The molecule has 17 heavy (non-hydrogen) atoms. The van der Waals surface area contributed by atoms with Gasteiger partial charge in [-0.25, -0.2) is 4.98 Å². The number of nitrogens with zero attached hydrogens (tertiary/aromatic N) is 2. The molecule has 3 heterocycles. The molecular weight excluding hydrogens is 252 g/mol. The number of thiophene rings is 1. The van der Waals surface area contributed by atoms with Crippen molar-refractivity contribution in [3.8, 4) is 0 Å². The average Bonchev–Trinajstić information content (AvgIpc) is 2.94. The molecule has 0 saturated carbocycles. The highest BCUT2D eigenvalue weighted by atomic mass is 32.2. The Balaban J connectivity index is 2.28. The van der Waals surface area contributed by atoms with E-state index in [-0.39, 0.29) is 5.56 Å². The van der Waals surface area contributed by atoms with Crippen molar-refractivity contribution in [2.24, 2.45) is 0 Å². The third-order valence-corrected chi connectivity index (χ3v) is 5.10. The van der Waals surface area contributed by atoms with Gasteiger partial charge in [0.15, 0.2) is 5.16 Å². The van der Waals surface area contributed by atoms with Crippen LogP contribution in [0.25, 0.3) is 20.3 Å². The van der Waals surface area contributed by atoms with Crippen molar-refractivity contribution in [1.29, 1.82) is 0 Å². The summed E-state index contributed by atoms with van der Waals surface area (Å²) in [4.78, 5) is 17.0. The number of benzene rings is 1. The molecule has 0 radical (unpaired) electrons. The third-order valence-electron chi connectivity index (χ3n) is 2.99. The van der Waals surface area contributed by atoms with E-state index in [1.165, 1.54) is 0 Å². The Bertz CT molecular complexity index is 803. The zero-order valence-corrected chi connectivity index (χ0v) is 10.5. The Hall–Kier alpha value is -1.33. The zero-order chi connectivity index (χ0) is 11.4. The van der Waals surface area contributed by atoms with Crippen molar-refractivity contribution in [2.75, 3.05) is 5.75 Å². The first kappa shape index (κ1) is 9.67. The summed E-state index contributed by atoms with van der Waals surface area (Å²) in [5.41, 5.74) is 0.993. The predicted octanol–water partition coefficient (Wildman–Crippen LogP) is 2.72. The Morgan fingerprint density at radius 1 is 1.29 bits per heavy atom. The van der Waals surface area contributed by atoms with Crippen LogP contribution in [0, 0.1) is 0 Å². The van der Waals surface area contributed by atoms with Gasteiger partial charge in [0, 0.05) is 22.4 Å². The van der Waals surface area contributed by atoms with Gasteiger partial charge in [0.1, 0.15) is 4.70 Å². The van der Waals surface area contributed by atoms with E-state index in [0.29, 0.717) is 0 Å². The molecule has 84 valence electrons. The molecule has 0 spiro atoms. The molecule has 0 fully saturated rings. The molecule has 3 aromatic rings. The van der Waals surface area contributed by atoms with Crippen LogP contribution in [-0.4, -0.2) is 15.3 Å². The van der Waals surface area contributed by atoms with Crippen LogP contribution in [0.2, 0.25) is 0 Å². The molecule has 0 N–H and O–H groups in total. The number of hydrogen-bond acceptors (Lipinski definition) is 4. The highest BCUT2D eigenvalue weighted by Gasteiger charge is 2.19. The lowest BCUT2D eigenvalue weighted by molar-refractivity contribution is 0.670. The van der Waals surface area contributed by atoms with Crippen LogP contribution in [0.4, 0.5) is 0 Å². The summed E-state index contributed by atoms with van der Waals surface area (Å²) in [6, 6.07) is 8.08. The van der Waals surface area contributed by atoms with Crippen molar-refractivity contribution >= 4 is 43.4 Å². The van der Waals surface area contributed by atoms with Gasteiger partial charge in [0.2, 0.25) is 0 Å². The molecule has 3 nitrogen and oxygen atoms in total. The van der Waals surface area contributed by atoms with Gasteiger partial charge in [-0.1, -0.05) is 30.0 Å². The summed E-state index contributed by atoms with van der Waals surface area (Å²) >= 11 is 3.21. The Morgan fingerprint density at radius 3 is 3.12 bits per heavy atom. The fourth-order valence-electron chi connectivity index (χ4n) is 2.19. The first-order chi connectivity index (χ1) is 8.34. The topological polar surface area (TPSA) is 34.9 Å². The van der Waals surface area contributed by atoms with Crippen molar-refractivity contribution < 1.29 is 0 Å². The number of hydrogen-bond donors (Lipinski definition) is 0. The maximum absolute atomic E-state index is 12.3. The van der Waals surface area contributed by atoms with Crippen molar-refractivity contribution in [2.45, 2.75) is 11.7 Å². The summed E-state index contributed by atoms with van der Waals surface area (Å²) in [7, 11) is 0. The molecule has 0 bridgehead atoms. The minimum atomic E-state index is 0.121. The summed E-state index contributed by atoms with van der Waals surface area (Å²) < 4.78 is 3.72. The van der Waals surface area contributed by atoms with Crippen LogP contribution >= 0.6 is 23.1 Å². The fourth-order valence-corrected chi connectivity index (χ4v) is 4.22. The van der Waals surface area contributed by atoms with E-state index in [1.807, 2.05) is 24.3 Å². The van der Waals surface area contributed by atoms with Crippen molar-refractivity contribution in [1.82, 2.24) is 9.55 Å². The average molecular weight is 260 g/mol. The molecule has 1 aliphatic rings. The van der Waals surface area contributed by atoms with E-state index in [0.717, 1.165) is 37.8 Å². The van der Waals surface area contributed by atoms with E-state index in [4.69, 9.17) is 0 Å². The quantitative estimate of drug-likeness (QED) is 0.583. The second-order valence-corrected chi connectivity index (χ2v) is 6.09. The standard InChI is InChI=1S/C12H8N2OS2/c15-11-10-9(13-12-14(11)5-6-16-12)7-3-1-2-4-8(7)17-10/h1-4H,5-6H2. The molecule has 1 aliphatic heterocycles. The van der Waals surface area contributed by atoms with Crippen molar-refractivity contribution in [3.63, 3.8) is 0 Å². The lowest BCUT2D eigenvalue weighted by Crippen LogP contribution is -2.19. The number of aromatic nitrogens is 2. The number of thioether (sulfide) groups is 1. The predicted molar refractivity (Wildman–Crippen MR) is 72.1 cm³/mol. The van der Waals surface area contributed by atoms with Crippen LogP contribution in [0.5, 0.6) is 0 Å². The lowest BCUT2D eigenvalue weighted by Gasteiger charge is -1.99. The van der Waals surface area contributed by atoms with Crippen LogP contribution < -0.4 is 5.56 Å². The molecule has 0 aliphatic carbocycles. The van der Waals surface area contributed by atoms with E-state index in [9.17, 15) is 4.79 Å². The Labute approximate surface area is 105 Å². The summed E-state index contributed by atoms with van der Waals surface area (Å²) in [6.45, 7) is 0.788. The molecule has 0 saturated heterocycles. The van der Waals surface area contributed by atoms with Gasteiger partial charge >= 0.3 is 0 Å². The van der Waals surface area contributed by atoms with Gasteiger partial charge in [-0.2, -0.15) is 0 Å². The monoisotopic (exact) mass is 260 g/mol. The minimum Gasteiger partial charge on any atom is -0.286 e. The largest absolute Gasteiger partial charge is 0.286 e. The van der Waals surface area contributed by atoms with Gasteiger partial charge in [-0.05, 0) is 6.07 Å². The second-order valence-electron chi connectivity index (χ2n) is 3.98. The van der Waals surface area contributed by atoms with Gasteiger partial charge in [-0.15, -0.1) is 11.3 Å². The minimum absolute atomic E-state index is 0.121. The van der Waals surface area contributed by atoms with Gasteiger partial charge in [0.05, 0.1) is 5.52 Å². The Kier molecular flexibility index (Phi) is 1.90. The SMILES string of the molecule is O=c1c2sc3ccccc3c2nc2n1CCS2. The van der Waals surface area contributed by atoms with E-state index >= 15 is 0 Å². The normalized spacial score (nSPS) is 14.6. The fraction of sp³-hybridized carbons (Fsp3) is 0.167. The maximum atomic E-state index is 12.3. The molecule has 1 aromatic carbocycles. The molecule has 4 rings (SSSR count). The summed E-state index contributed by atoms with van der Waals surface area (Å²) in [6.07, 6.45) is 0. The molecule has 0 amide bonds. The second kappa shape index (κ2) is 3.34. The third kappa shape index (κ3) is 1.23. The van der Waals surface area contributed by atoms with Gasteiger partial charge < -0.3 is 0 Å². The first-order valence-electron chi connectivity index (χ1n) is 5.39. The summed E-state index contributed by atoms with van der Waals surface area (Å²) in [5, 5.41) is 1.96. The molecule has 2 aromatic heterocycles. The van der Waals surface area contributed by atoms with Crippen LogP contribution in [-0.2, 0) is 6.54 Å².